The Labute approximate surface area is 155 Å². The van der Waals surface area contributed by atoms with E-state index in [1.54, 1.807) is 6.07 Å². The van der Waals surface area contributed by atoms with Gasteiger partial charge in [0.15, 0.2) is 0 Å². The second kappa shape index (κ2) is 7.36. The second-order valence-corrected chi connectivity index (χ2v) is 9.13. The number of methoxy groups -OCH3 is 1. The molecule has 1 N–H and O–H groups in total. The molecule has 0 saturated heterocycles. The molecule has 0 aliphatic heterocycles. The van der Waals surface area contributed by atoms with Crippen LogP contribution in [0.15, 0.2) is 47.4 Å². The number of rotatable bonds is 5. The summed E-state index contributed by atoms with van der Waals surface area (Å²) >= 11 is 6.03. The molecule has 0 fully saturated rings. The molecule has 4 nitrogen and oxygen atoms in total. The molecular formula is C19H24ClNO3S. The first-order valence-corrected chi connectivity index (χ1v) is 9.87. The maximum absolute atomic E-state index is 12.6. The standard InChI is InChI=1S/C19H24ClNO3S/c1-13(14-6-8-15(9-7-14)19(2,3)4)21-25(22,23)16-10-11-18(24-5)17(20)12-16/h6-13,21H,1-5H3. The topological polar surface area (TPSA) is 55.4 Å². The highest BCUT2D eigenvalue weighted by Gasteiger charge is 2.20. The molecule has 0 aliphatic rings. The van der Waals surface area contributed by atoms with Crippen molar-refractivity contribution in [3.05, 3.63) is 58.6 Å². The highest BCUT2D eigenvalue weighted by atomic mass is 35.5. The SMILES string of the molecule is COc1ccc(S(=O)(=O)NC(C)c2ccc(C(C)(C)C)cc2)cc1Cl. The second-order valence-electron chi connectivity index (χ2n) is 7.01. The van der Waals surface area contributed by atoms with E-state index in [1.807, 2.05) is 31.2 Å². The van der Waals surface area contributed by atoms with Crippen molar-refractivity contribution in [2.75, 3.05) is 7.11 Å². The zero-order valence-electron chi connectivity index (χ0n) is 15.1. The molecule has 1 unspecified atom stereocenters. The van der Waals surface area contributed by atoms with Gasteiger partial charge in [-0.15, -0.1) is 0 Å². The van der Waals surface area contributed by atoms with E-state index in [0.29, 0.717) is 5.75 Å². The van der Waals surface area contributed by atoms with E-state index in [2.05, 4.69) is 25.5 Å². The molecular weight excluding hydrogens is 358 g/mol. The summed E-state index contributed by atoms with van der Waals surface area (Å²) in [5, 5.41) is 0.257. The van der Waals surface area contributed by atoms with Gasteiger partial charge in [-0.25, -0.2) is 13.1 Å². The predicted molar refractivity (Wildman–Crippen MR) is 102 cm³/mol. The summed E-state index contributed by atoms with van der Waals surface area (Å²) in [6, 6.07) is 12.0. The van der Waals surface area contributed by atoms with Crippen molar-refractivity contribution in [2.45, 2.75) is 44.0 Å². The van der Waals surface area contributed by atoms with Gasteiger partial charge in [0.1, 0.15) is 5.75 Å². The van der Waals surface area contributed by atoms with Crippen LogP contribution in [0.2, 0.25) is 5.02 Å². The summed E-state index contributed by atoms with van der Waals surface area (Å²) in [4.78, 5) is 0.108. The molecule has 0 radical (unpaired) electrons. The summed E-state index contributed by atoms with van der Waals surface area (Å²) < 4.78 is 32.9. The molecule has 2 aromatic rings. The minimum atomic E-state index is -3.68. The van der Waals surface area contributed by atoms with Gasteiger partial charge in [0.05, 0.1) is 17.0 Å². The lowest BCUT2D eigenvalue weighted by atomic mass is 9.86. The zero-order valence-corrected chi connectivity index (χ0v) is 16.7. The van der Waals surface area contributed by atoms with Gasteiger partial charge in [-0.1, -0.05) is 56.6 Å². The molecule has 25 heavy (non-hydrogen) atoms. The van der Waals surface area contributed by atoms with Crippen molar-refractivity contribution in [3.63, 3.8) is 0 Å². The first-order chi connectivity index (χ1) is 11.5. The Bertz CT molecular complexity index is 840. The van der Waals surface area contributed by atoms with Crippen LogP contribution in [-0.2, 0) is 15.4 Å². The fraction of sp³-hybridized carbons (Fsp3) is 0.368. The van der Waals surface area contributed by atoms with Crippen LogP contribution in [0.3, 0.4) is 0 Å². The number of sulfonamides is 1. The quantitative estimate of drug-likeness (QED) is 0.817. The van der Waals surface area contributed by atoms with Crippen molar-refractivity contribution >= 4 is 21.6 Å². The molecule has 0 aromatic heterocycles. The smallest absolute Gasteiger partial charge is 0.241 e. The van der Waals surface area contributed by atoms with Gasteiger partial charge in [0, 0.05) is 6.04 Å². The van der Waals surface area contributed by atoms with Crippen molar-refractivity contribution in [1.82, 2.24) is 4.72 Å². The van der Waals surface area contributed by atoms with E-state index in [9.17, 15) is 8.42 Å². The van der Waals surface area contributed by atoms with E-state index in [0.717, 1.165) is 5.56 Å². The number of hydrogen-bond donors (Lipinski definition) is 1. The Balaban J connectivity index is 2.21. The predicted octanol–water partition coefficient (Wildman–Crippen LogP) is 4.69. The van der Waals surface area contributed by atoms with E-state index >= 15 is 0 Å². The Kier molecular flexibility index (Phi) is 5.82. The van der Waals surface area contributed by atoms with Crippen LogP contribution >= 0.6 is 11.6 Å². The molecule has 0 saturated carbocycles. The average Bonchev–Trinajstić information content (AvgIpc) is 2.53. The van der Waals surface area contributed by atoms with Crippen LogP contribution in [0, 0.1) is 0 Å². The summed E-state index contributed by atoms with van der Waals surface area (Å²) in [5.74, 6) is 0.437. The van der Waals surface area contributed by atoms with Crippen molar-refractivity contribution in [1.29, 1.82) is 0 Å². The molecule has 6 heteroatoms. The summed E-state index contributed by atoms with van der Waals surface area (Å²) in [6.07, 6.45) is 0. The van der Waals surface area contributed by atoms with Crippen LogP contribution in [0.5, 0.6) is 5.75 Å². The summed E-state index contributed by atoms with van der Waals surface area (Å²) in [7, 11) is -2.20. The van der Waals surface area contributed by atoms with Gasteiger partial charge < -0.3 is 4.74 Å². The number of benzene rings is 2. The number of nitrogens with one attached hydrogen (secondary N) is 1. The largest absolute Gasteiger partial charge is 0.495 e. The van der Waals surface area contributed by atoms with Gasteiger partial charge in [-0.05, 0) is 41.7 Å². The zero-order chi connectivity index (χ0) is 18.8. The highest BCUT2D eigenvalue weighted by Crippen LogP contribution is 2.28. The average molecular weight is 382 g/mol. The number of ether oxygens (including phenoxy) is 1. The monoisotopic (exact) mass is 381 g/mol. The Morgan fingerprint density at radius 2 is 1.68 bits per heavy atom. The van der Waals surface area contributed by atoms with E-state index in [-0.39, 0.29) is 21.4 Å². The molecule has 2 rings (SSSR count). The summed E-state index contributed by atoms with van der Waals surface area (Å²) in [6.45, 7) is 8.24. The lowest BCUT2D eigenvalue weighted by Gasteiger charge is -2.21. The van der Waals surface area contributed by atoms with Crippen molar-refractivity contribution in [3.8, 4) is 5.75 Å². The first kappa shape index (κ1) is 19.8. The van der Waals surface area contributed by atoms with Crippen LogP contribution in [0.1, 0.15) is 44.9 Å². The van der Waals surface area contributed by atoms with Crippen LogP contribution in [0.25, 0.3) is 0 Å². The fourth-order valence-corrected chi connectivity index (χ4v) is 4.04. The molecule has 1 atom stereocenters. The molecule has 0 amide bonds. The maximum atomic E-state index is 12.6. The Morgan fingerprint density at radius 3 is 2.16 bits per heavy atom. The molecule has 0 heterocycles. The Hall–Kier alpha value is -1.56. The molecule has 0 aliphatic carbocycles. The Morgan fingerprint density at radius 1 is 1.08 bits per heavy atom. The molecule has 0 bridgehead atoms. The lowest BCUT2D eigenvalue weighted by molar-refractivity contribution is 0.414. The van der Waals surface area contributed by atoms with E-state index < -0.39 is 10.0 Å². The normalized spacial score (nSPS) is 13.5. The van der Waals surface area contributed by atoms with Gasteiger partial charge in [-0.2, -0.15) is 0 Å². The van der Waals surface area contributed by atoms with Gasteiger partial charge in [-0.3, -0.25) is 0 Å². The van der Waals surface area contributed by atoms with Crippen molar-refractivity contribution in [2.24, 2.45) is 0 Å². The third-order valence-corrected chi connectivity index (χ3v) is 5.88. The third-order valence-electron chi connectivity index (χ3n) is 4.04. The minimum Gasteiger partial charge on any atom is -0.495 e. The maximum Gasteiger partial charge on any atom is 0.241 e. The van der Waals surface area contributed by atoms with Crippen LogP contribution < -0.4 is 9.46 Å². The highest BCUT2D eigenvalue weighted by molar-refractivity contribution is 7.89. The van der Waals surface area contributed by atoms with E-state index in [1.165, 1.54) is 24.8 Å². The van der Waals surface area contributed by atoms with Gasteiger partial charge >= 0.3 is 0 Å². The van der Waals surface area contributed by atoms with Gasteiger partial charge in [0.2, 0.25) is 10.0 Å². The van der Waals surface area contributed by atoms with Crippen LogP contribution in [-0.4, -0.2) is 15.5 Å². The van der Waals surface area contributed by atoms with Gasteiger partial charge in [0.25, 0.3) is 0 Å². The third kappa shape index (κ3) is 4.75. The first-order valence-electron chi connectivity index (χ1n) is 8.01. The fourth-order valence-electron chi connectivity index (χ4n) is 2.45. The summed E-state index contributed by atoms with van der Waals surface area (Å²) in [5.41, 5.74) is 2.16. The molecule has 136 valence electrons. The number of hydrogen-bond acceptors (Lipinski definition) is 3. The molecule has 0 spiro atoms. The minimum absolute atomic E-state index is 0.0567. The molecule has 2 aromatic carbocycles. The number of halogens is 1. The van der Waals surface area contributed by atoms with E-state index in [4.69, 9.17) is 16.3 Å². The van der Waals surface area contributed by atoms with Crippen molar-refractivity contribution < 1.29 is 13.2 Å². The lowest BCUT2D eigenvalue weighted by Crippen LogP contribution is -2.27. The van der Waals surface area contributed by atoms with Crippen LogP contribution in [0.4, 0.5) is 0 Å².